The first kappa shape index (κ1) is 21.4. The first-order chi connectivity index (χ1) is 13.5. The van der Waals surface area contributed by atoms with Crippen LogP contribution >= 0.6 is 11.6 Å². The van der Waals surface area contributed by atoms with E-state index in [1.54, 1.807) is 24.3 Å². The number of amides is 1. The second-order valence-corrected chi connectivity index (χ2v) is 6.10. The number of benzene rings is 2. The fourth-order valence-corrected chi connectivity index (χ4v) is 2.56. The van der Waals surface area contributed by atoms with Gasteiger partial charge in [0.25, 0.3) is 5.91 Å². The Morgan fingerprint density at radius 2 is 1.89 bits per heavy atom. The zero-order valence-corrected chi connectivity index (χ0v) is 16.7. The fourth-order valence-electron chi connectivity index (χ4n) is 2.29. The number of rotatable bonds is 9. The van der Waals surface area contributed by atoms with Crippen LogP contribution in [-0.2, 0) is 9.53 Å². The maximum atomic E-state index is 12.3. The van der Waals surface area contributed by atoms with Crippen molar-refractivity contribution in [3.8, 4) is 17.2 Å². The van der Waals surface area contributed by atoms with Gasteiger partial charge in [0.2, 0.25) is 0 Å². The minimum absolute atomic E-state index is 0.153. The van der Waals surface area contributed by atoms with Crippen LogP contribution < -0.4 is 19.5 Å². The van der Waals surface area contributed by atoms with E-state index in [9.17, 15) is 9.59 Å². The molecule has 2 aromatic carbocycles. The van der Waals surface area contributed by atoms with Crippen LogP contribution in [-0.4, -0.2) is 39.3 Å². The second kappa shape index (κ2) is 10.4. The Balaban J connectivity index is 2.00. The number of carbonyl (C=O) groups is 2. The van der Waals surface area contributed by atoms with E-state index >= 15 is 0 Å². The van der Waals surface area contributed by atoms with Crippen LogP contribution in [0.3, 0.4) is 0 Å². The molecule has 0 bridgehead atoms. The van der Waals surface area contributed by atoms with Gasteiger partial charge in [-0.15, -0.1) is 0 Å². The summed E-state index contributed by atoms with van der Waals surface area (Å²) in [5.74, 6) is 0.0829. The van der Waals surface area contributed by atoms with Crippen molar-refractivity contribution in [1.82, 2.24) is 0 Å². The average Bonchev–Trinajstić information content (AvgIpc) is 2.70. The zero-order valence-electron chi connectivity index (χ0n) is 15.9. The van der Waals surface area contributed by atoms with E-state index in [0.717, 1.165) is 6.42 Å². The van der Waals surface area contributed by atoms with Crippen LogP contribution in [0.15, 0.2) is 36.4 Å². The summed E-state index contributed by atoms with van der Waals surface area (Å²) >= 11 is 6.19. The molecular weight excluding hydrogens is 386 g/mol. The molecule has 2 aromatic rings. The molecule has 0 saturated heterocycles. The fraction of sp³-hybridized carbons (Fsp3) is 0.300. The smallest absolute Gasteiger partial charge is 0.338 e. The number of hydrogen-bond acceptors (Lipinski definition) is 6. The van der Waals surface area contributed by atoms with Crippen molar-refractivity contribution in [2.24, 2.45) is 0 Å². The standard InChI is InChI=1S/C20H22ClNO6/c1-4-8-27-19-16(21)9-13(10-17(19)26-3)20(24)28-12-18(23)22-14-6-5-7-15(11-14)25-2/h5-7,9-11H,4,8,12H2,1-3H3,(H,22,23). The maximum absolute atomic E-state index is 12.3. The van der Waals surface area contributed by atoms with Gasteiger partial charge < -0.3 is 24.3 Å². The number of anilines is 1. The van der Waals surface area contributed by atoms with Crippen LogP contribution in [0.5, 0.6) is 17.2 Å². The molecule has 150 valence electrons. The molecule has 0 aliphatic rings. The normalized spacial score (nSPS) is 10.1. The van der Waals surface area contributed by atoms with Gasteiger partial charge in [-0.25, -0.2) is 4.79 Å². The lowest BCUT2D eigenvalue weighted by Crippen LogP contribution is -2.21. The molecule has 0 atom stereocenters. The third kappa shape index (κ3) is 5.79. The Hall–Kier alpha value is -2.93. The Morgan fingerprint density at radius 3 is 2.57 bits per heavy atom. The van der Waals surface area contributed by atoms with Crippen molar-refractivity contribution in [3.63, 3.8) is 0 Å². The molecule has 0 heterocycles. The van der Waals surface area contributed by atoms with Crippen molar-refractivity contribution in [3.05, 3.63) is 47.0 Å². The SMILES string of the molecule is CCCOc1c(Cl)cc(C(=O)OCC(=O)Nc2cccc(OC)c2)cc1OC. The number of ether oxygens (including phenoxy) is 4. The number of nitrogens with one attached hydrogen (secondary N) is 1. The summed E-state index contributed by atoms with van der Waals surface area (Å²) in [4.78, 5) is 24.3. The van der Waals surface area contributed by atoms with Crippen molar-refractivity contribution < 1.29 is 28.5 Å². The number of hydrogen-bond donors (Lipinski definition) is 1. The topological polar surface area (TPSA) is 83.1 Å². The summed E-state index contributed by atoms with van der Waals surface area (Å²) in [6.45, 7) is 1.97. The number of esters is 1. The molecule has 0 spiro atoms. The minimum atomic E-state index is -0.706. The molecule has 28 heavy (non-hydrogen) atoms. The molecule has 7 nitrogen and oxygen atoms in total. The van der Waals surface area contributed by atoms with E-state index in [-0.39, 0.29) is 10.6 Å². The molecule has 0 unspecified atom stereocenters. The molecule has 0 aliphatic heterocycles. The summed E-state index contributed by atoms with van der Waals surface area (Å²) in [6, 6.07) is 9.70. The lowest BCUT2D eigenvalue weighted by molar-refractivity contribution is -0.119. The summed E-state index contributed by atoms with van der Waals surface area (Å²) in [5, 5.41) is 2.85. The molecule has 1 N–H and O–H groups in total. The van der Waals surface area contributed by atoms with E-state index in [0.29, 0.717) is 29.5 Å². The molecule has 0 radical (unpaired) electrons. The molecule has 0 saturated carbocycles. The molecule has 0 aromatic heterocycles. The van der Waals surface area contributed by atoms with E-state index in [1.807, 2.05) is 6.92 Å². The molecule has 0 fully saturated rings. The first-order valence-corrected chi connectivity index (χ1v) is 8.97. The lowest BCUT2D eigenvalue weighted by atomic mass is 10.2. The van der Waals surface area contributed by atoms with E-state index < -0.39 is 18.5 Å². The highest BCUT2D eigenvalue weighted by Gasteiger charge is 2.18. The second-order valence-electron chi connectivity index (χ2n) is 5.69. The van der Waals surface area contributed by atoms with Gasteiger partial charge in [-0.3, -0.25) is 4.79 Å². The van der Waals surface area contributed by atoms with Crippen molar-refractivity contribution in [2.75, 3.05) is 32.8 Å². The van der Waals surface area contributed by atoms with Gasteiger partial charge in [-0.2, -0.15) is 0 Å². The average molecular weight is 408 g/mol. The minimum Gasteiger partial charge on any atom is -0.497 e. The molecule has 8 heteroatoms. The Kier molecular flexibility index (Phi) is 7.95. The largest absolute Gasteiger partial charge is 0.497 e. The van der Waals surface area contributed by atoms with Crippen LogP contribution in [0, 0.1) is 0 Å². The molecule has 2 rings (SSSR count). The van der Waals surface area contributed by atoms with Gasteiger partial charge in [0.1, 0.15) is 5.75 Å². The number of halogens is 1. The van der Waals surface area contributed by atoms with E-state index in [2.05, 4.69) is 5.32 Å². The third-order valence-corrected chi connectivity index (χ3v) is 3.88. The quantitative estimate of drug-likeness (QED) is 0.634. The van der Waals surface area contributed by atoms with Gasteiger partial charge in [-0.05, 0) is 30.7 Å². The van der Waals surface area contributed by atoms with Crippen molar-refractivity contribution >= 4 is 29.2 Å². The van der Waals surface area contributed by atoms with Gasteiger partial charge >= 0.3 is 5.97 Å². The van der Waals surface area contributed by atoms with Gasteiger partial charge in [0.05, 0.1) is 31.4 Å². The number of carbonyl (C=O) groups excluding carboxylic acids is 2. The third-order valence-electron chi connectivity index (χ3n) is 3.60. The highest BCUT2D eigenvalue weighted by molar-refractivity contribution is 6.32. The van der Waals surface area contributed by atoms with Crippen LogP contribution in [0.1, 0.15) is 23.7 Å². The highest BCUT2D eigenvalue weighted by Crippen LogP contribution is 2.36. The zero-order chi connectivity index (χ0) is 20.5. The predicted octanol–water partition coefficient (Wildman–Crippen LogP) is 3.94. The summed E-state index contributed by atoms with van der Waals surface area (Å²) in [6.07, 6.45) is 0.797. The first-order valence-electron chi connectivity index (χ1n) is 8.59. The highest BCUT2D eigenvalue weighted by atomic mass is 35.5. The summed E-state index contributed by atoms with van der Waals surface area (Å²) < 4.78 is 20.9. The van der Waals surface area contributed by atoms with Crippen LogP contribution in [0.2, 0.25) is 5.02 Å². The monoisotopic (exact) mass is 407 g/mol. The van der Waals surface area contributed by atoms with Crippen LogP contribution in [0.25, 0.3) is 0 Å². The lowest BCUT2D eigenvalue weighted by Gasteiger charge is -2.13. The molecule has 0 aliphatic carbocycles. The molecular formula is C20H22ClNO6. The molecule has 1 amide bonds. The van der Waals surface area contributed by atoms with Gasteiger partial charge in [-0.1, -0.05) is 24.6 Å². The van der Waals surface area contributed by atoms with Crippen molar-refractivity contribution in [2.45, 2.75) is 13.3 Å². The Morgan fingerprint density at radius 1 is 1.11 bits per heavy atom. The van der Waals surface area contributed by atoms with E-state index in [4.69, 9.17) is 30.5 Å². The summed E-state index contributed by atoms with van der Waals surface area (Å²) in [7, 11) is 2.97. The van der Waals surface area contributed by atoms with Crippen LogP contribution in [0.4, 0.5) is 5.69 Å². The Bertz CT molecular complexity index is 839. The predicted molar refractivity (Wildman–Crippen MR) is 106 cm³/mol. The maximum Gasteiger partial charge on any atom is 0.338 e. The summed E-state index contributed by atoms with van der Waals surface area (Å²) in [5.41, 5.74) is 0.683. The van der Waals surface area contributed by atoms with Gasteiger partial charge in [0, 0.05) is 11.8 Å². The van der Waals surface area contributed by atoms with Gasteiger partial charge in [0.15, 0.2) is 18.1 Å². The Labute approximate surface area is 168 Å². The van der Waals surface area contributed by atoms with E-state index in [1.165, 1.54) is 26.4 Å². The van der Waals surface area contributed by atoms with Crippen molar-refractivity contribution in [1.29, 1.82) is 0 Å². The number of methoxy groups -OCH3 is 2.